The third-order valence-corrected chi connectivity index (χ3v) is 6.76. The molecule has 1 aliphatic heterocycles. The molecule has 11 heteroatoms. The molecule has 2 aliphatic rings. The predicted molar refractivity (Wildman–Crippen MR) is 109 cm³/mol. The van der Waals surface area contributed by atoms with Crippen molar-refractivity contribution in [3.8, 4) is 0 Å². The van der Waals surface area contributed by atoms with Gasteiger partial charge in [0.1, 0.15) is 0 Å². The highest BCUT2D eigenvalue weighted by atomic mass is 32.2. The molecule has 31 heavy (non-hydrogen) atoms. The first kappa shape index (κ1) is 22.1. The second kappa shape index (κ2) is 9.56. The van der Waals surface area contributed by atoms with Gasteiger partial charge >= 0.3 is 6.18 Å². The molecule has 0 atom stereocenters. The molecule has 1 aliphatic carbocycles. The van der Waals surface area contributed by atoms with E-state index >= 15 is 0 Å². The molecule has 0 radical (unpaired) electrons. The summed E-state index contributed by atoms with van der Waals surface area (Å²) in [5, 5.41) is 12.6. The zero-order chi connectivity index (χ0) is 21.8. The molecule has 1 aromatic carbocycles. The molecule has 2 heterocycles. The number of carbonyl (C=O) groups is 1. The highest BCUT2D eigenvalue weighted by molar-refractivity contribution is 7.99. The average molecular weight is 455 g/mol. The number of rotatable bonds is 6. The monoisotopic (exact) mass is 454 g/mol. The maximum Gasteiger partial charge on any atom is 0.416 e. The Kier molecular flexibility index (Phi) is 6.80. The number of alkyl halides is 3. The van der Waals surface area contributed by atoms with Gasteiger partial charge in [0.15, 0.2) is 0 Å². The molecule has 0 unspecified atom stereocenters. The van der Waals surface area contributed by atoms with Crippen molar-refractivity contribution in [2.45, 2.75) is 49.6 Å². The van der Waals surface area contributed by atoms with Gasteiger partial charge in [-0.2, -0.15) is 13.2 Å². The number of hydrogen-bond acceptors (Lipinski definition) is 6. The standard InChI is InChI=1S/C20H25F3N6OS/c21-20(22,23)16-5-3-4-15(12-16)13-27-8-10-28(11-9-27)18(30)14-31-19-24-25-26-29(19)17-6-1-2-7-17/h3-5,12,17H,1-2,6-11,13-14H2. The third-order valence-electron chi connectivity index (χ3n) is 5.84. The first-order valence-electron chi connectivity index (χ1n) is 10.5. The normalized spacial score (nSPS) is 18.6. The molecule has 0 bridgehead atoms. The topological polar surface area (TPSA) is 67.2 Å². The first-order chi connectivity index (χ1) is 14.9. The SMILES string of the molecule is O=C(CSc1nnnn1C1CCCC1)N1CCN(Cc2cccc(C(F)(F)F)c2)CC1. The number of piperazine rings is 1. The summed E-state index contributed by atoms with van der Waals surface area (Å²) in [4.78, 5) is 16.5. The van der Waals surface area contributed by atoms with Crippen LogP contribution in [0.1, 0.15) is 42.9 Å². The fourth-order valence-electron chi connectivity index (χ4n) is 4.14. The van der Waals surface area contributed by atoms with Gasteiger partial charge in [0.2, 0.25) is 11.1 Å². The number of tetrazole rings is 1. The third kappa shape index (κ3) is 5.57. The summed E-state index contributed by atoms with van der Waals surface area (Å²) in [6.07, 6.45) is 0.160. The summed E-state index contributed by atoms with van der Waals surface area (Å²) in [5.74, 6) is 0.311. The van der Waals surface area contributed by atoms with Gasteiger partial charge in [-0.1, -0.05) is 42.8 Å². The Balaban J connectivity index is 1.25. The van der Waals surface area contributed by atoms with Crippen LogP contribution >= 0.6 is 11.8 Å². The van der Waals surface area contributed by atoms with Crippen LogP contribution < -0.4 is 0 Å². The minimum atomic E-state index is -4.34. The van der Waals surface area contributed by atoms with Crippen LogP contribution in [0.5, 0.6) is 0 Å². The largest absolute Gasteiger partial charge is 0.416 e. The second-order valence-electron chi connectivity index (χ2n) is 7.99. The van der Waals surface area contributed by atoms with Gasteiger partial charge in [0.25, 0.3) is 0 Å². The lowest BCUT2D eigenvalue weighted by molar-refractivity contribution is -0.137. The van der Waals surface area contributed by atoms with Crippen molar-refractivity contribution in [3.63, 3.8) is 0 Å². The number of benzene rings is 1. The van der Waals surface area contributed by atoms with Gasteiger partial charge in [-0.3, -0.25) is 9.69 Å². The number of halogens is 3. The van der Waals surface area contributed by atoms with E-state index in [0.717, 1.165) is 18.9 Å². The summed E-state index contributed by atoms with van der Waals surface area (Å²) in [7, 11) is 0. The quantitative estimate of drug-likeness (QED) is 0.625. The Labute approximate surface area is 183 Å². The highest BCUT2D eigenvalue weighted by Gasteiger charge is 2.30. The zero-order valence-corrected chi connectivity index (χ0v) is 17.9. The van der Waals surface area contributed by atoms with Gasteiger partial charge in [0.05, 0.1) is 17.4 Å². The number of nitrogens with zero attached hydrogens (tertiary/aromatic N) is 6. The Morgan fingerprint density at radius 3 is 2.58 bits per heavy atom. The molecule has 0 spiro atoms. The van der Waals surface area contributed by atoms with E-state index < -0.39 is 11.7 Å². The Morgan fingerprint density at radius 1 is 1.13 bits per heavy atom. The Morgan fingerprint density at radius 2 is 1.87 bits per heavy atom. The summed E-state index contributed by atoms with van der Waals surface area (Å²) in [6, 6.07) is 5.75. The maximum absolute atomic E-state index is 12.9. The van der Waals surface area contributed by atoms with Gasteiger partial charge in [-0.15, -0.1) is 5.10 Å². The van der Waals surface area contributed by atoms with E-state index in [1.165, 1.54) is 36.7 Å². The van der Waals surface area contributed by atoms with Crippen LogP contribution in [0.25, 0.3) is 0 Å². The van der Waals surface area contributed by atoms with Crippen molar-refractivity contribution < 1.29 is 18.0 Å². The van der Waals surface area contributed by atoms with Crippen LogP contribution in [-0.2, 0) is 17.5 Å². The molecule has 7 nitrogen and oxygen atoms in total. The minimum absolute atomic E-state index is 0.0321. The summed E-state index contributed by atoms with van der Waals surface area (Å²) >= 11 is 1.37. The molecule has 2 fully saturated rings. The molecule has 168 valence electrons. The van der Waals surface area contributed by atoms with Crippen molar-refractivity contribution >= 4 is 17.7 Å². The Hall–Kier alpha value is -2.14. The van der Waals surface area contributed by atoms with Crippen molar-refractivity contribution in [2.24, 2.45) is 0 Å². The minimum Gasteiger partial charge on any atom is -0.339 e. The molecule has 1 saturated carbocycles. The van der Waals surface area contributed by atoms with Crippen molar-refractivity contribution in [1.29, 1.82) is 0 Å². The lowest BCUT2D eigenvalue weighted by atomic mass is 10.1. The first-order valence-corrected chi connectivity index (χ1v) is 11.5. The predicted octanol–water partition coefficient (Wildman–Crippen LogP) is 3.24. The molecule has 1 aromatic heterocycles. The fraction of sp³-hybridized carbons (Fsp3) is 0.600. The van der Waals surface area contributed by atoms with E-state index in [4.69, 9.17) is 0 Å². The lowest BCUT2D eigenvalue weighted by Crippen LogP contribution is -2.48. The zero-order valence-electron chi connectivity index (χ0n) is 17.1. The summed E-state index contributed by atoms with van der Waals surface area (Å²) in [6.45, 7) is 2.83. The van der Waals surface area contributed by atoms with Crippen LogP contribution in [0.3, 0.4) is 0 Å². The number of thioether (sulfide) groups is 1. The smallest absolute Gasteiger partial charge is 0.339 e. The molecule has 4 rings (SSSR count). The lowest BCUT2D eigenvalue weighted by Gasteiger charge is -2.34. The van der Waals surface area contributed by atoms with Crippen molar-refractivity contribution in [2.75, 3.05) is 31.9 Å². The second-order valence-corrected chi connectivity index (χ2v) is 8.93. The van der Waals surface area contributed by atoms with Crippen LogP contribution in [0, 0.1) is 0 Å². The van der Waals surface area contributed by atoms with E-state index in [1.807, 2.05) is 4.68 Å². The highest BCUT2D eigenvalue weighted by Crippen LogP contribution is 2.32. The van der Waals surface area contributed by atoms with Gasteiger partial charge in [0, 0.05) is 32.7 Å². The summed E-state index contributed by atoms with van der Waals surface area (Å²) < 4.78 is 40.5. The number of carbonyl (C=O) groups excluding carboxylic acids is 1. The van der Waals surface area contributed by atoms with Crippen LogP contribution in [0.15, 0.2) is 29.4 Å². The molecular weight excluding hydrogens is 429 g/mol. The van der Waals surface area contributed by atoms with Crippen LogP contribution in [0.4, 0.5) is 13.2 Å². The fourth-order valence-corrected chi connectivity index (χ4v) is 4.98. The van der Waals surface area contributed by atoms with E-state index in [9.17, 15) is 18.0 Å². The Bertz CT molecular complexity index is 891. The number of aromatic nitrogens is 4. The molecule has 1 saturated heterocycles. The average Bonchev–Trinajstić information content (AvgIpc) is 3.44. The summed E-state index contributed by atoms with van der Waals surface area (Å²) in [5.41, 5.74) is -0.000288. The number of amides is 1. The van der Waals surface area contributed by atoms with E-state index in [-0.39, 0.29) is 11.7 Å². The maximum atomic E-state index is 12.9. The van der Waals surface area contributed by atoms with Gasteiger partial charge < -0.3 is 4.90 Å². The van der Waals surface area contributed by atoms with Crippen molar-refractivity contribution in [3.05, 3.63) is 35.4 Å². The van der Waals surface area contributed by atoms with E-state index in [0.29, 0.717) is 49.5 Å². The van der Waals surface area contributed by atoms with E-state index in [1.54, 1.807) is 11.0 Å². The van der Waals surface area contributed by atoms with E-state index in [2.05, 4.69) is 20.4 Å². The number of hydrogen-bond donors (Lipinski definition) is 0. The van der Waals surface area contributed by atoms with Crippen LogP contribution in [-0.4, -0.2) is 67.8 Å². The van der Waals surface area contributed by atoms with Gasteiger partial charge in [-0.05, 0) is 34.9 Å². The molecule has 0 N–H and O–H groups in total. The molecule has 2 aromatic rings. The van der Waals surface area contributed by atoms with Crippen molar-refractivity contribution in [1.82, 2.24) is 30.0 Å². The van der Waals surface area contributed by atoms with Crippen LogP contribution in [0.2, 0.25) is 0 Å². The van der Waals surface area contributed by atoms with Gasteiger partial charge in [-0.25, -0.2) is 4.68 Å². The molecule has 1 amide bonds. The molecular formula is C20H25F3N6OS.